The number of carbonyl (C=O) groups excluding carboxylic acids is 1. The minimum atomic E-state index is -0.774. The lowest BCUT2D eigenvalue weighted by Crippen LogP contribution is -2.46. The number of halogens is 3. The maximum atomic E-state index is 11.3. The number of carbonyl (C=O) groups is 1. The van der Waals surface area contributed by atoms with Gasteiger partial charge < -0.3 is 24.8 Å². The highest BCUT2D eigenvalue weighted by atomic mass is 79.9. The Morgan fingerprint density at radius 1 is 1.14 bits per heavy atom. The van der Waals surface area contributed by atoms with E-state index in [1.165, 1.54) is 0 Å². The second kappa shape index (κ2) is 11.1. The number of ether oxygens (including phenoxy) is 3. The van der Waals surface area contributed by atoms with Crippen LogP contribution in [0.4, 0.5) is 10.6 Å². The highest BCUT2D eigenvalue weighted by Crippen LogP contribution is 2.40. The summed E-state index contributed by atoms with van der Waals surface area (Å²) >= 11 is 16.4. The Labute approximate surface area is 227 Å². The topological polar surface area (TPSA) is 99.8 Å². The smallest absolute Gasteiger partial charge is 0.405 e. The minimum Gasteiger partial charge on any atom is -0.497 e. The molecule has 1 amide bonds. The molecule has 4 rings (SSSR count). The van der Waals surface area contributed by atoms with E-state index in [-0.39, 0.29) is 6.61 Å². The maximum absolute atomic E-state index is 11.3. The predicted molar refractivity (Wildman–Crippen MR) is 143 cm³/mol. The second-order valence-corrected chi connectivity index (χ2v) is 10.1. The summed E-state index contributed by atoms with van der Waals surface area (Å²) in [5.41, 5.74) is 6.62. The number of nitrogens with two attached hydrogens (primary N) is 1. The fourth-order valence-electron chi connectivity index (χ4n) is 3.97. The van der Waals surface area contributed by atoms with Gasteiger partial charge >= 0.3 is 6.09 Å². The van der Waals surface area contributed by atoms with Gasteiger partial charge in [-0.05, 0) is 46.6 Å². The van der Waals surface area contributed by atoms with E-state index in [4.69, 9.17) is 53.1 Å². The van der Waals surface area contributed by atoms with Crippen LogP contribution in [0.25, 0.3) is 11.3 Å². The molecule has 8 nitrogen and oxygen atoms in total. The molecule has 190 valence electrons. The van der Waals surface area contributed by atoms with Crippen LogP contribution in [0.5, 0.6) is 11.6 Å². The molecule has 1 aliphatic rings. The molecule has 11 heteroatoms. The first-order chi connectivity index (χ1) is 17.2. The van der Waals surface area contributed by atoms with E-state index in [2.05, 4.69) is 20.8 Å². The summed E-state index contributed by atoms with van der Waals surface area (Å²) in [6, 6.07) is 12.9. The summed E-state index contributed by atoms with van der Waals surface area (Å²) in [5, 5.41) is 0.766. The zero-order valence-corrected chi connectivity index (χ0v) is 22.9. The van der Waals surface area contributed by atoms with Crippen LogP contribution in [-0.2, 0) is 11.3 Å². The van der Waals surface area contributed by atoms with Crippen LogP contribution in [0.3, 0.4) is 0 Å². The third-order valence-corrected chi connectivity index (χ3v) is 7.36. The number of aromatic nitrogens is 2. The van der Waals surface area contributed by atoms with E-state index in [0.717, 1.165) is 11.3 Å². The lowest BCUT2D eigenvalue weighted by molar-refractivity contribution is 0.0126. The summed E-state index contributed by atoms with van der Waals surface area (Å²) < 4.78 is 17.3. The highest BCUT2D eigenvalue weighted by molar-refractivity contribution is 9.10. The first kappa shape index (κ1) is 26.3. The molecule has 1 saturated heterocycles. The molecule has 0 bridgehead atoms. The molecule has 0 saturated carbocycles. The summed E-state index contributed by atoms with van der Waals surface area (Å²) in [4.78, 5) is 22.9. The van der Waals surface area contributed by atoms with Crippen LogP contribution in [-0.4, -0.2) is 41.9 Å². The van der Waals surface area contributed by atoms with Crippen LogP contribution in [0, 0.1) is 0 Å². The number of methoxy groups -OCH3 is 1. The van der Waals surface area contributed by atoms with E-state index in [9.17, 15) is 4.79 Å². The number of piperidine rings is 1. The minimum absolute atomic E-state index is 0.259. The summed E-state index contributed by atoms with van der Waals surface area (Å²) in [6.45, 7) is 3.32. The average molecular weight is 596 g/mol. The van der Waals surface area contributed by atoms with Gasteiger partial charge in [0.2, 0.25) is 5.88 Å². The van der Waals surface area contributed by atoms with Gasteiger partial charge in [0.25, 0.3) is 0 Å². The first-order valence-electron chi connectivity index (χ1n) is 11.2. The Morgan fingerprint density at radius 3 is 2.47 bits per heavy atom. The number of amides is 1. The van der Waals surface area contributed by atoms with Gasteiger partial charge in [-0.2, -0.15) is 4.98 Å². The van der Waals surface area contributed by atoms with Gasteiger partial charge in [-0.3, -0.25) is 0 Å². The molecule has 2 N–H and O–H groups in total. The largest absolute Gasteiger partial charge is 0.497 e. The molecular formula is C25H25BrCl2N4O4. The molecule has 3 aromatic rings. The van der Waals surface area contributed by atoms with Crippen molar-refractivity contribution in [3.05, 3.63) is 62.7 Å². The van der Waals surface area contributed by atoms with Crippen molar-refractivity contribution >= 4 is 51.0 Å². The van der Waals surface area contributed by atoms with Crippen molar-refractivity contribution in [2.24, 2.45) is 5.73 Å². The Morgan fingerprint density at radius 2 is 1.83 bits per heavy atom. The van der Waals surface area contributed by atoms with Crippen LogP contribution in [0.1, 0.15) is 25.3 Å². The number of anilines is 1. The number of benzene rings is 2. The van der Waals surface area contributed by atoms with Crippen molar-refractivity contribution in [3.63, 3.8) is 0 Å². The zero-order valence-electron chi connectivity index (χ0n) is 19.8. The Kier molecular flexibility index (Phi) is 8.12. The fourth-order valence-corrected chi connectivity index (χ4v) is 4.87. The maximum Gasteiger partial charge on any atom is 0.405 e. The van der Waals surface area contributed by atoms with Crippen LogP contribution in [0.2, 0.25) is 10.0 Å². The van der Waals surface area contributed by atoms with Crippen LogP contribution >= 0.6 is 39.1 Å². The predicted octanol–water partition coefficient (Wildman–Crippen LogP) is 6.25. The fraction of sp³-hybridized carbons (Fsp3) is 0.320. The van der Waals surface area contributed by atoms with E-state index in [1.54, 1.807) is 19.2 Å². The molecule has 2 aromatic carbocycles. The van der Waals surface area contributed by atoms with Gasteiger partial charge in [0.1, 0.15) is 28.3 Å². The molecule has 1 fully saturated rings. The molecule has 0 unspecified atom stereocenters. The number of hydrogen-bond acceptors (Lipinski definition) is 7. The van der Waals surface area contributed by atoms with Crippen molar-refractivity contribution in [2.75, 3.05) is 25.1 Å². The van der Waals surface area contributed by atoms with Crippen LogP contribution in [0.15, 0.2) is 47.1 Å². The number of nitrogens with zero attached hydrogens (tertiary/aromatic N) is 3. The molecule has 0 aliphatic carbocycles. The van der Waals surface area contributed by atoms with Gasteiger partial charge in [0.15, 0.2) is 5.82 Å². The molecule has 0 atom stereocenters. The van der Waals surface area contributed by atoms with Crippen LogP contribution < -0.4 is 20.1 Å². The summed E-state index contributed by atoms with van der Waals surface area (Å²) in [6.07, 6.45) is 0.408. The molecule has 36 heavy (non-hydrogen) atoms. The van der Waals surface area contributed by atoms with Crippen molar-refractivity contribution in [1.82, 2.24) is 9.97 Å². The number of hydrogen-bond donors (Lipinski definition) is 1. The van der Waals surface area contributed by atoms with Gasteiger partial charge in [-0.15, -0.1) is 0 Å². The second-order valence-electron chi connectivity index (χ2n) is 8.59. The van der Waals surface area contributed by atoms with Crippen molar-refractivity contribution in [3.8, 4) is 22.9 Å². The van der Waals surface area contributed by atoms with E-state index >= 15 is 0 Å². The molecule has 1 aliphatic heterocycles. The standard InChI is InChI=1S/C25H25BrCl2N4O4/c1-25(36-24(29)33)10-12-32(13-11-25)22-21(26)30-20(17-4-3-5-18(27)19(17)28)23(31-22)35-14-15-6-8-16(34-2)9-7-15/h3-9H,10-14H2,1-2H3,(H2,29,33). The normalized spacial score (nSPS) is 14.9. The molecule has 2 heterocycles. The molecule has 1 aromatic heterocycles. The Hall–Kier alpha value is -2.75. The van der Waals surface area contributed by atoms with E-state index in [1.807, 2.05) is 37.3 Å². The quantitative estimate of drug-likeness (QED) is 0.344. The Balaban J connectivity index is 1.66. The lowest BCUT2D eigenvalue weighted by atomic mass is 9.93. The summed E-state index contributed by atoms with van der Waals surface area (Å²) in [5.74, 6) is 1.69. The third-order valence-electron chi connectivity index (χ3n) is 6.01. The Bertz CT molecular complexity index is 1250. The van der Waals surface area contributed by atoms with Crippen molar-refractivity contribution in [2.45, 2.75) is 32.0 Å². The third kappa shape index (κ3) is 5.96. The SMILES string of the molecule is COc1ccc(COc2nc(N3CCC(C)(OC(N)=O)CC3)c(Br)nc2-c2cccc(Cl)c2Cl)cc1. The van der Waals surface area contributed by atoms with Gasteiger partial charge in [-0.1, -0.05) is 47.5 Å². The monoisotopic (exact) mass is 594 g/mol. The zero-order chi connectivity index (χ0) is 25.9. The van der Waals surface area contributed by atoms with Gasteiger partial charge in [0, 0.05) is 31.5 Å². The van der Waals surface area contributed by atoms with Gasteiger partial charge in [0.05, 0.1) is 17.2 Å². The first-order valence-corrected chi connectivity index (χ1v) is 12.7. The highest BCUT2D eigenvalue weighted by Gasteiger charge is 2.35. The van der Waals surface area contributed by atoms with E-state index in [0.29, 0.717) is 63.5 Å². The number of rotatable bonds is 7. The molecule has 0 spiro atoms. The van der Waals surface area contributed by atoms with Crippen molar-refractivity contribution in [1.29, 1.82) is 0 Å². The van der Waals surface area contributed by atoms with Crippen molar-refractivity contribution < 1.29 is 19.0 Å². The molecular weight excluding hydrogens is 571 g/mol. The average Bonchev–Trinajstić information content (AvgIpc) is 2.85. The number of primary amides is 1. The van der Waals surface area contributed by atoms with Gasteiger partial charge in [-0.25, -0.2) is 9.78 Å². The molecule has 0 radical (unpaired) electrons. The summed E-state index contributed by atoms with van der Waals surface area (Å²) in [7, 11) is 1.62. The lowest BCUT2D eigenvalue weighted by Gasteiger charge is -2.39. The van der Waals surface area contributed by atoms with E-state index < -0.39 is 11.7 Å².